The molecule has 0 radical (unpaired) electrons. The van der Waals surface area contributed by atoms with E-state index in [1.807, 2.05) is 60.7 Å². The first kappa shape index (κ1) is 26.7. The fourth-order valence-corrected chi connectivity index (χ4v) is 7.38. The second-order valence-corrected chi connectivity index (χ2v) is 12.0. The normalized spacial score (nSPS) is 12.8. The number of fused-ring (bicyclic) bond motifs is 7. The minimum Gasteiger partial charge on any atom is -0.298 e. The molecule has 48 heavy (non-hydrogen) atoms. The van der Waals surface area contributed by atoms with E-state index >= 15 is 0 Å². The summed E-state index contributed by atoms with van der Waals surface area (Å²) in [5.74, 6) is 2.48. The van der Waals surface area contributed by atoms with Gasteiger partial charge in [-0.25, -0.2) is 28.9 Å². The predicted molar refractivity (Wildman–Crippen MR) is 191 cm³/mol. The Morgan fingerprint density at radius 2 is 1.04 bits per heavy atom. The third-order valence-corrected chi connectivity index (χ3v) is 9.39. The van der Waals surface area contributed by atoms with Gasteiger partial charge in [-0.2, -0.15) is 0 Å². The summed E-state index contributed by atoms with van der Waals surface area (Å²) < 4.78 is 7.60. The van der Waals surface area contributed by atoms with Gasteiger partial charge in [-0.3, -0.25) is 9.13 Å². The molecule has 0 saturated carbocycles. The zero-order chi connectivity index (χ0) is 31.8. The van der Waals surface area contributed by atoms with Crippen LogP contribution >= 0.6 is 0 Å². The smallest absolute Gasteiger partial charge is 0.298 e. The molecule has 0 spiro atoms. The first-order chi connectivity index (χ1) is 23.8. The van der Waals surface area contributed by atoms with Crippen molar-refractivity contribution in [3.8, 4) is 23.3 Å². The Balaban J connectivity index is 1.17. The molecule has 0 bridgehead atoms. The van der Waals surface area contributed by atoms with Crippen LogP contribution in [0.5, 0.6) is 0 Å². The van der Waals surface area contributed by atoms with Gasteiger partial charge in [0.2, 0.25) is 0 Å². The van der Waals surface area contributed by atoms with Crippen molar-refractivity contribution in [2.45, 2.75) is 12.8 Å². The summed E-state index contributed by atoms with van der Waals surface area (Å²) in [6.07, 6.45) is 8.04. The number of pyridine rings is 3. The molecule has 6 aromatic heterocycles. The quantitative estimate of drug-likeness (QED) is 0.200. The first-order valence-electron chi connectivity index (χ1n) is 16.1. The van der Waals surface area contributed by atoms with Crippen LogP contribution in [0.4, 0.5) is 0 Å². The van der Waals surface area contributed by atoms with Crippen molar-refractivity contribution in [3.05, 3.63) is 155 Å². The molecule has 9 aromatic rings. The zero-order valence-electron chi connectivity index (χ0n) is 25.7. The molecule has 3 aromatic carbocycles. The van der Waals surface area contributed by atoms with Gasteiger partial charge in [0.05, 0.1) is 22.1 Å². The second kappa shape index (κ2) is 10.2. The van der Waals surface area contributed by atoms with E-state index in [9.17, 15) is 4.79 Å². The van der Waals surface area contributed by atoms with Gasteiger partial charge in [0.1, 0.15) is 23.3 Å². The molecule has 6 heterocycles. The predicted octanol–water partition coefficient (Wildman–Crippen LogP) is 7.97. The summed E-state index contributed by atoms with van der Waals surface area (Å²) in [5.41, 5.74) is 6.53. The molecule has 0 N–H and O–H groups in total. The summed E-state index contributed by atoms with van der Waals surface area (Å²) in [5, 5.41) is 3.49. The van der Waals surface area contributed by atoms with E-state index in [1.165, 1.54) is 16.6 Å². The van der Waals surface area contributed by atoms with Crippen LogP contribution in [0.1, 0.15) is 17.7 Å². The maximum Gasteiger partial charge on any atom is 0.342 e. The van der Waals surface area contributed by atoms with E-state index in [-0.39, 0.29) is 5.69 Å². The van der Waals surface area contributed by atoms with Gasteiger partial charge in [-0.1, -0.05) is 78.9 Å². The Kier molecular flexibility index (Phi) is 5.68. The van der Waals surface area contributed by atoms with Crippen LogP contribution in [0.3, 0.4) is 0 Å². The third kappa shape index (κ3) is 3.77. The molecular weight excluding hydrogens is 594 g/mol. The molecule has 0 amide bonds. The highest BCUT2D eigenvalue weighted by atomic mass is 16.2. The van der Waals surface area contributed by atoms with Crippen molar-refractivity contribution in [3.63, 3.8) is 0 Å². The molecule has 8 nitrogen and oxygen atoms in total. The average molecular weight is 622 g/mol. The van der Waals surface area contributed by atoms with Crippen LogP contribution in [0.15, 0.2) is 138 Å². The summed E-state index contributed by atoms with van der Waals surface area (Å²) >= 11 is 0. The topological polar surface area (TPSA) is 75.5 Å². The SMILES string of the molecule is O=c1n(-c2cccc(-n3c4c(c5ccccc53)C=CCC4)n2)c2cccnc2n1-c1cccc(-n2c3ccccc3c3ccccc32)n1. The number of hydrogen-bond donors (Lipinski definition) is 0. The minimum atomic E-state index is -0.289. The summed E-state index contributed by atoms with van der Waals surface area (Å²) in [6.45, 7) is 0. The summed E-state index contributed by atoms with van der Waals surface area (Å²) in [4.78, 5) is 29.4. The fourth-order valence-electron chi connectivity index (χ4n) is 7.38. The molecule has 0 fully saturated rings. The van der Waals surface area contributed by atoms with Crippen molar-refractivity contribution in [1.29, 1.82) is 0 Å². The average Bonchev–Trinajstić information content (AvgIpc) is 3.77. The Labute approximate surface area is 274 Å². The highest BCUT2D eigenvalue weighted by molar-refractivity contribution is 6.09. The number of para-hydroxylation sites is 3. The van der Waals surface area contributed by atoms with Gasteiger partial charge in [-0.15, -0.1) is 0 Å². The zero-order valence-corrected chi connectivity index (χ0v) is 25.7. The van der Waals surface area contributed by atoms with Crippen molar-refractivity contribution >= 4 is 49.9 Å². The lowest BCUT2D eigenvalue weighted by atomic mass is 10.0. The molecule has 0 aliphatic heterocycles. The van der Waals surface area contributed by atoms with Crippen molar-refractivity contribution in [2.75, 3.05) is 0 Å². The fraction of sp³-hybridized carbons (Fsp3) is 0.0500. The molecule has 228 valence electrons. The Morgan fingerprint density at radius 1 is 0.500 bits per heavy atom. The lowest BCUT2D eigenvalue weighted by Gasteiger charge is -2.13. The van der Waals surface area contributed by atoms with Crippen LogP contribution < -0.4 is 5.69 Å². The lowest BCUT2D eigenvalue weighted by molar-refractivity contribution is 0.847. The molecule has 10 rings (SSSR count). The highest BCUT2D eigenvalue weighted by Crippen LogP contribution is 2.34. The second-order valence-electron chi connectivity index (χ2n) is 12.0. The van der Waals surface area contributed by atoms with Gasteiger partial charge < -0.3 is 0 Å². The maximum atomic E-state index is 14.5. The number of nitrogens with zero attached hydrogens (tertiary/aromatic N) is 7. The maximum absolute atomic E-state index is 14.5. The van der Waals surface area contributed by atoms with Crippen molar-refractivity contribution in [1.82, 2.24) is 33.2 Å². The first-order valence-corrected chi connectivity index (χ1v) is 16.1. The van der Waals surface area contributed by atoms with Crippen LogP contribution in [0.2, 0.25) is 0 Å². The van der Waals surface area contributed by atoms with Crippen LogP contribution in [0.25, 0.3) is 73.2 Å². The number of imidazole rings is 1. The Bertz CT molecular complexity index is 2780. The van der Waals surface area contributed by atoms with Crippen LogP contribution in [0, 0.1) is 0 Å². The van der Waals surface area contributed by atoms with Gasteiger partial charge in [0.15, 0.2) is 5.65 Å². The van der Waals surface area contributed by atoms with E-state index in [2.05, 4.69) is 86.9 Å². The Hall–Kier alpha value is -6.54. The number of hydrogen-bond acceptors (Lipinski definition) is 4. The van der Waals surface area contributed by atoms with E-state index in [4.69, 9.17) is 9.97 Å². The van der Waals surface area contributed by atoms with Gasteiger partial charge in [-0.05, 0) is 67.4 Å². The Morgan fingerprint density at radius 3 is 1.73 bits per heavy atom. The van der Waals surface area contributed by atoms with Crippen LogP contribution in [-0.2, 0) is 6.42 Å². The third-order valence-electron chi connectivity index (χ3n) is 9.39. The van der Waals surface area contributed by atoms with Gasteiger partial charge in [0.25, 0.3) is 0 Å². The van der Waals surface area contributed by atoms with E-state index < -0.39 is 0 Å². The number of rotatable bonds is 4. The molecule has 0 unspecified atom stereocenters. The highest BCUT2D eigenvalue weighted by Gasteiger charge is 2.22. The van der Waals surface area contributed by atoms with E-state index in [0.29, 0.717) is 28.6 Å². The van der Waals surface area contributed by atoms with E-state index in [1.54, 1.807) is 15.3 Å². The largest absolute Gasteiger partial charge is 0.342 e. The van der Waals surface area contributed by atoms with Crippen LogP contribution in [-0.4, -0.2) is 33.2 Å². The number of allylic oxidation sites excluding steroid dienone is 1. The number of benzene rings is 3. The van der Waals surface area contributed by atoms with Crippen molar-refractivity contribution < 1.29 is 0 Å². The summed E-state index contributed by atoms with van der Waals surface area (Å²) in [6, 6.07) is 40.4. The summed E-state index contributed by atoms with van der Waals surface area (Å²) in [7, 11) is 0. The molecule has 1 aliphatic rings. The molecule has 0 atom stereocenters. The minimum absolute atomic E-state index is 0.289. The molecule has 8 heteroatoms. The molecule has 1 aliphatic carbocycles. The monoisotopic (exact) mass is 621 g/mol. The lowest BCUT2D eigenvalue weighted by Crippen LogP contribution is -2.24. The van der Waals surface area contributed by atoms with Crippen molar-refractivity contribution in [2.24, 2.45) is 0 Å². The van der Waals surface area contributed by atoms with Gasteiger partial charge >= 0.3 is 5.69 Å². The molecular formula is C40H27N7O. The standard InChI is InChI=1S/C40H27N7O/c48-40-46(37-23-9-21-35(42-37)44-30-16-5-1-12-26(30)27-13-2-6-17-31(27)44)34-20-11-25-41-39(34)47(40)38-24-10-22-36(43-38)45-32-18-7-3-14-28(32)29-15-4-8-19-33(29)45/h1-5,7-16,18-25H,6,17H2. The number of aromatic nitrogens is 7. The van der Waals surface area contributed by atoms with Gasteiger partial charge in [0, 0.05) is 33.6 Å². The van der Waals surface area contributed by atoms with E-state index in [0.717, 1.165) is 46.0 Å². The molecule has 0 saturated heterocycles.